The molecule has 4 aliphatic rings. The second-order valence-corrected chi connectivity index (χ2v) is 15.3. The van der Waals surface area contributed by atoms with E-state index in [1.807, 2.05) is 36.7 Å². The molecule has 0 spiro atoms. The molecule has 0 saturated carbocycles. The summed E-state index contributed by atoms with van der Waals surface area (Å²) in [5, 5.41) is 0. The van der Waals surface area contributed by atoms with E-state index < -0.39 is 0 Å². The van der Waals surface area contributed by atoms with E-state index in [0.29, 0.717) is 36.6 Å². The Labute approximate surface area is 324 Å². The van der Waals surface area contributed by atoms with Gasteiger partial charge in [-0.05, 0) is 73.2 Å². The highest BCUT2D eigenvalue weighted by Gasteiger charge is 2.40. The monoisotopic (exact) mass is 750 g/mol. The molecule has 4 aromatic rings. The van der Waals surface area contributed by atoms with Crippen molar-refractivity contribution in [2.45, 2.75) is 114 Å². The number of hydrogen-bond donors (Lipinski definition) is 0. The molecule has 6 heterocycles. The van der Waals surface area contributed by atoms with Crippen molar-refractivity contribution in [2.75, 3.05) is 40.6 Å². The van der Waals surface area contributed by atoms with Crippen molar-refractivity contribution in [3.8, 4) is 46.0 Å². The van der Waals surface area contributed by atoms with Crippen molar-refractivity contribution in [3.63, 3.8) is 0 Å². The summed E-state index contributed by atoms with van der Waals surface area (Å²) in [6.07, 6.45) is 14.7. The Morgan fingerprint density at radius 2 is 1.11 bits per heavy atom. The third kappa shape index (κ3) is 8.80. The molecule has 11 nitrogen and oxygen atoms in total. The van der Waals surface area contributed by atoms with Gasteiger partial charge in [-0.3, -0.25) is 0 Å². The van der Waals surface area contributed by atoms with Gasteiger partial charge in [0.1, 0.15) is 11.5 Å². The van der Waals surface area contributed by atoms with E-state index in [4.69, 9.17) is 53.1 Å². The second kappa shape index (κ2) is 17.3. The average Bonchev–Trinajstić information content (AvgIpc) is 3.93. The van der Waals surface area contributed by atoms with Crippen molar-refractivity contribution in [3.05, 3.63) is 71.0 Å². The Hall–Kier alpha value is -4.16. The first-order valence-electron chi connectivity index (χ1n) is 20.3. The Kier molecular flexibility index (Phi) is 11.9. The SMILES string of the molecule is CCCC[C@@H]1O[C@H]1Cc1cc(-c2ncc([C@@H]3CCOC3)c(OC)n2)ccc1Oc1ccc(-c2ncc([C@@H]3CCOC3)c(OC)n2)cc1C[C@@H]1O[C@H]1CCCC. The molecule has 0 N–H and O–H groups in total. The molecule has 4 aliphatic heterocycles. The molecule has 2 aromatic carbocycles. The van der Waals surface area contributed by atoms with E-state index in [1.165, 1.54) is 0 Å². The van der Waals surface area contributed by atoms with Gasteiger partial charge >= 0.3 is 0 Å². The number of epoxide rings is 2. The number of ether oxygens (including phenoxy) is 7. The highest BCUT2D eigenvalue weighted by molar-refractivity contribution is 5.63. The first-order chi connectivity index (χ1) is 27.0. The van der Waals surface area contributed by atoms with Gasteiger partial charge in [-0.25, -0.2) is 9.97 Å². The van der Waals surface area contributed by atoms with Crippen LogP contribution in [0.25, 0.3) is 22.8 Å². The molecule has 0 bridgehead atoms. The quantitative estimate of drug-likeness (QED) is 0.0911. The molecule has 55 heavy (non-hydrogen) atoms. The summed E-state index contributed by atoms with van der Waals surface area (Å²) in [5.74, 6) is 4.48. The van der Waals surface area contributed by atoms with Gasteiger partial charge in [-0.2, -0.15) is 9.97 Å². The van der Waals surface area contributed by atoms with E-state index in [0.717, 1.165) is 122 Å². The van der Waals surface area contributed by atoms with Crippen LogP contribution in [-0.4, -0.2) is 85.0 Å². The Morgan fingerprint density at radius 1 is 0.636 bits per heavy atom. The summed E-state index contributed by atoms with van der Waals surface area (Å²) < 4.78 is 42.0. The maximum Gasteiger partial charge on any atom is 0.220 e. The molecule has 0 amide bonds. The zero-order chi connectivity index (χ0) is 37.7. The highest BCUT2D eigenvalue weighted by atomic mass is 16.6. The molecule has 292 valence electrons. The van der Waals surface area contributed by atoms with Crippen LogP contribution < -0.4 is 14.2 Å². The molecule has 4 fully saturated rings. The predicted molar refractivity (Wildman–Crippen MR) is 208 cm³/mol. The predicted octanol–water partition coefficient (Wildman–Crippen LogP) is 8.42. The molecular formula is C44H54N4O7. The van der Waals surface area contributed by atoms with Gasteiger partial charge in [-0.15, -0.1) is 0 Å². The van der Waals surface area contributed by atoms with Gasteiger partial charge in [0.15, 0.2) is 11.6 Å². The summed E-state index contributed by atoms with van der Waals surface area (Å²) in [5.41, 5.74) is 5.89. The highest BCUT2D eigenvalue weighted by Crippen LogP contribution is 2.41. The number of methoxy groups -OCH3 is 2. The minimum absolute atomic E-state index is 0.149. The van der Waals surface area contributed by atoms with Crippen LogP contribution in [0.2, 0.25) is 0 Å². The summed E-state index contributed by atoms with van der Waals surface area (Å²) in [6, 6.07) is 12.4. The second-order valence-electron chi connectivity index (χ2n) is 15.3. The van der Waals surface area contributed by atoms with E-state index in [9.17, 15) is 0 Å². The number of unbranched alkanes of at least 4 members (excludes halogenated alkanes) is 2. The third-order valence-electron chi connectivity index (χ3n) is 11.4. The molecule has 4 saturated heterocycles. The smallest absolute Gasteiger partial charge is 0.220 e. The minimum Gasteiger partial charge on any atom is -0.481 e. The van der Waals surface area contributed by atoms with Crippen molar-refractivity contribution in [1.29, 1.82) is 0 Å². The van der Waals surface area contributed by atoms with Crippen LogP contribution in [0.4, 0.5) is 0 Å². The van der Waals surface area contributed by atoms with Gasteiger partial charge in [0.2, 0.25) is 11.8 Å². The third-order valence-corrected chi connectivity index (χ3v) is 11.4. The molecule has 8 rings (SSSR count). The molecule has 0 radical (unpaired) electrons. The Bertz CT molecular complexity index is 1790. The van der Waals surface area contributed by atoms with Crippen molar-refractivity contribution in [1.82, 2.24) is 19.9 Å². The number of hydrogen-bond acceptors (Lipinski definition) is 11. The van der Waals surface area contributed by atoms with Gasteiger partial charge in [-0.1, -0.05) is 39.5 Å². The standard InChI is InChI=1S/C44H54N4O7/c1-5-7-9-37-39(54-37)21-31-19-27(41-45-23-33(43(47-41)49-3)29-15-17-51-25-29)11-13-35(31)53-36-14-12-28(20-32(36)22-40-38(55-40)10-8-6-2)42-46-24-34(44(48-42)50-4)30-16-18-52-26-30/h11-14,19-20,23-24,29-30,37-40H,5-10,15-18,21-22,25-26H2,1-4H3/t29-,30-,37+,38+,39+,40+/m1/s1. The van der Waals surface area contributed by atoms with Crippen LogP contribution in [-0.2, 0) is 31.8 Å². The fraction of sp³-hybridized carbons (Fsp3) is 0.545. The Morgan fingerprint density at radius 3 is 1.51 bits per heavy atom. The molecule has 0 unspecified atom stereocenters. The van der Waals surface area contributed by atoms with Crippen LogP contribution in [0, 0.1) is 0 Å². The summed E-state index contributed by atoms with van der Waals surface area (Å²) >= 11 is 0. The molecule has 6 atom stereocenters. The lowest BCUT2D eigenvalue weighted by Gasteiger charge is -2.17. The van der Waals surface area contributed by atoms with Gasteiger partial charge in [0.05, 0.1) is 51.8 Å². The van der Waals surface area contributed by atoms with Crippen LogP contribution in [0.15, 0.2) is 48.8 Å². The Balaban J connectivity index is 1.11. The van der Waals surface area contributed by atoms with E-state index in [-0.39, 0.29) is 36.3 Å². The summed E-state index contributed by atoms with van der Waals surface area (Å²) in [7, 11) is 3.33. The van der Waals surface area contributed by atoms with Crippen LogP contribution >= 0.6 is 0 Å². The fourth-order valence-corrected chi connectivity index (χ4v) is 8.02. The lowest BCUT2D eigenvalue weighted by atomic mass is 9.99. The first kappa shape index (κ1) is 37.7. The first-order valence-corrected chi connectivity index (χ1v) is 20.3. The fourth-order valence-electron chi connectivity index (χ4n) is 8.02. The zero-order valence-electron chi connectivity index (χ0n) is 32.6. The largest absolute Gasteiger partial charge is 0.481 e. The van der Waals surface area contributed by atoms with E-state index in [2.05, 4.69) is 26.0 Å². The topological polar surface area (TPSA) is 123 Å². The van der Waals surface area contributed by atoms with Gasteiger partial charge in [0, 0.05) is 72.5 Å². The van der Waals surface area contributed by atoms with Crippen LogP contribution in [0.3, 0.4) is 0 Å². The number of aromatic nitrogens is 4. The summed E-state index contributed by atoms with van der Waals surface area (Å²) in [4.78, 5) is 19.4. The summed E-state index contributed by atoms with van der Waals surface area (Å²) in [6.45, 7) is 7.25. The molecule has 2 aromatic heterocycles. The lowest BCUT2D eigenvalue weighted by molar-refractivity contribution is 0.193. The van der Waals surface area contributed by atoms with E-state index >= 15 is 0 Å². The maximum atomic E-state index is 6.91. The lowest BCUT2D eigenvalue weighted by Crippen LogP contribution is -2.06. The number of nitrogens with zero attached hydrogens (tertiary/aromatic N) is 4. The van der Waals surface area contributed by atoms with Crippen LogP contribution in [0.5, 0.6) is 23.3 Å². The van der Waals surface area contributed by atoms with E-state index in [1.54, 1.807) is 14.2 Å². The molecular weight excluding hydrogens is 697 g/mol. The van der Waals surface area contributed by atoms with Gasteiger partial charge < -0.3 is 33.2 Å². The average molecular weight is 751 g/mol. The molecule has 0 aliphatic carbocycles. The minimum atomic E-state index is 0.149. The van der Waals surface area contributed by atoms with Crippen molar-refractivity contribution < 1.29 is 33.2 Å². The maximum absolute atomic E-state index is 6.91. The zero-order valence-corrected chi connectivity index (χ0v) is 32.6. The van der Waals surface area contributed by atoms with Gasteiger partial charge in [0.25, 0.3) is 0 Å². The normalized spacial score (nSPS) is 24.2. The van der Waals surface area contributed by atoms with Crippen LogP contribution in [0.1, 0.15) is 99.3 Å². The van der Waals surface area contributed by atoms with Crippen molar-refractivity contribution in [2.24, 2.45) is 0 Å². The number of rotatable bonds is 18. The number of benzene rings is 2. The van der Waals surface area contributed by atoms with Crippen molar-refractivity contribution >= 4 is 0 Å². The molecule has 11 heteroatoms.